The first-order valence-electron chi connectivity index (χ1n) is 10.8. The van der Waals surface area contributed by atoms with Gasteiger partial charge in [-0.1, -0.05) is 31.2 Å². The van der Waals surface area contributed by atoms with Crippen molar-refractivity contribution < 1.29 is 14.3 Å². The summed E-state index contributed by atoms with van der Waals surface area (Å²) >= 11 is 0. The highest BCUT2D eigenvalue weighted by Crippen LogP contribution is 2.13. The summed E-state index contributed by atoms with van der Waals surface area (Å²) in [4.78, 5) is 18.4. The van der Waals surface area contributed by atoms with Gasteiger partial charge in [0.15, 0.2) is 5.96 Å². The molecule has 2 N–H and O–H groups in total. The molecule has 0 bridgehead atoms. The molecule has 1 amide bonds. The van der Waals surface area contributed by atoms with Crippen molar-refractivity contribution in [1.82, 2.24) is 15.5 Å². The van der Waals surface area contributed by atoms with Gasteiger partial charge < -0.3 is 25.0 Å². The lowest BCUT2D eigenvalue weighted by molar-refractivity contribution is 0.0963. The number of nitrogens with zero attached hydrogens (tertiary/aromatic N) is 2. The number of carbonyl (C=O) groups is 1. The molecule has 0 aliphatic carbocycles. The monoisotopic (exact) mass is 532 g/mol. The molecule has 0 radical (unpaired) electrons. The molecule has 7 nitrogen and oxygen atoms in total. The molecule has 1 aliphatic heterocycles. The van der Waals surface area contributed by atoms with Crippen LogP contribution in [0.5, 0.6) is 0 Å². The Kier molecular flexibility index (Phi) is 13.5. The van der Waals surface area contributed by atoms with Crippen LogP contribution in [-0.2, 0) is 22.6 Å². The fraction of sp³-hybridized carbons (Fsp3) is 0.636. The van der Waals surface area contributed by atoms with Crippen LogP contribution >= 0.6 is 24.0 Å². The van der Waals surface area contributed by atoms with Gasteiger partial charge in [-0.2, -0.15) is 0 Å². The number of rotatable bonds is 9. The van der Waals surface area contributed by atoms with Gasteiger partial charge >= 0.3 is 6.09 Å². The number of ether oxygens (including phenoxy) is 2. The van der Waals surface area contributed by atoms with E-state index in [1.807, 2.05) is 19.1 Å². The zero-order valence-electron chi connectivity index (χ0n) is 18.5. The van der Waals surface area contributed by atoms with Gasteiger partial charge in [0.1, 0.15) is 0 Å². The van der Waals surface area contributed by atoms with Crippen molar-refractivity contribution in [3.8, 4) is 0 Å². The molecular formula is C22H37IN4O3. The highest BCUT2D eigenvalue weighted by Gasteiger charge is 2.24. The third-order valence-corrected chi connectivity index (χ3v) is 4.84. The fourth-order valence-electron chi connectivity index (χ4n) is 3.28. The molecule has 8 heteroatoms. The van der Waals surface area contributed by atoms with Crippen LogP contribution in [0.3, 0.4) is 0 Å². The fourth-order valence-corrected chi connectivity index (χ4v) is 3.28. The average molecular weight is 532 g/mol. The quantitative estimate of drug-likeness (QED) is 0.219. The number of hydrogen-bond donors (Lipinski definition) is 2. The topological polar surface area (TPSA) is 75.2 Å². The Bertz CT molecular complexity index is 649. The number of likely N-dealkylation sites (tertiary alicyclic amines) is 1. The molecule has 0 atom stereocenters. The smallest absolute Gasteiger partial charge is 0.409 e. The van der Waals surface area contributed by atoms with Crippen LogP contribution in [0.2, 0.25) is 0 Å². The third kappa shape index (κ3) is 9.07. The molecule has 170 valence electrons. The highest BCUT2D eigenvalue weighted by atomic mass is 127. The number of hydrogen-bond acceptors (Lipinski definition) is 4. The first kappa shape index (κ1) is 26.5. The number of nitrogens with one attached hydrogen (secondary N) is 2. The number of piperidine rings is 1. The molecule has 0 saturated carbocycles. The van der Waals surface area contributed by atoms with E-state index < -0.39 is 0 Å². The maximum atomic E-state index is 11.9. The van der Waals surface area contributed by atoms with Crippen molar-refractivity contribution in [3.63, 3.8) is 0 Å². The van der Waals surface area contributed by atoms with Crippen LogP contribution in [0.15, 0.2) is 29.3 Å². The van der Waals surface area contributed by atoms with Gasteiger partial charge in [0.25, 0.3) is 0 Å². The Balaban J connectivity index is 0.00000450. The van der Waals surface area contributed by atoms with E-state index in [0.717, 1.165) is 38.4 Å². The van der Waals surface area contributed by atoms with Gasteiger partial charge in [0.05, 0.1) is 19.8 Å². The van der Waals surface area contributed by atoms with Crippen LogP contribution in [0.4, 0.5) is 4.79 Å². The molecule has 0 spiro atoms. The van der Waals surface area contributed by atoms with E-state index in [4.69, 9.17) is 14.5 Å². The lowest BCUT2D eigenvalue weighted by Crippen LogP contribution is -2.49. The average Bonchev–Trinajstić information content (AvgIpc) is 2.74. The first-order chi connectivity index (χ1) is 14.2. The van der Waals surface area contributed by atoms with Crippen molar-refractivity contribution in [3.05, 3.63) is 35.4 Å². The zero-order valence-corrected chi connectivity index (χ0v) is 20.8. The van der Waals surface area contributed by atoms with Gasteiger partial charge in [-0.15, -0.1) is 24.0 Å². The molecular weight excluding hydrogens is 495 g/mol. The molecule has 1 fully saturated rings. The largest absolute Gasteiger partial charge is 0.450 e. The summed E-state index contributed by atoms with van der Waals surface area (Å²) < 4.78 is 10.8. The molecule has 1 aromatic carbocycles. The molecule has 1 aliphatic rings. The standard InChI is InChI=1S/C22H36N4O3.HI/c1-4-15-28-17-19-10-8-7-9-18(19)16-24-21(23-5-2)25-20-11-13-26(14-12-20)22(27)29-6-3;/h7-10,20H,4-6,11-17H2,1-3H3,(H2,23,24,25);1H. The van der Waals surface area contributed by atoms with Crippen molar-refractivity contribution >= 4 is 36.0 Å². The molecule has 2 rings (SSSR count). The SMILES string of the molecule is CCCOCc1ccccc1CN=C(NCC)NC1CCN(C(=O)OCC)CC1.I. The van der Waals surface area contributed by atoms with Crippen LogP contribution < -0.4 is 10.6 Å². The minimum atomic E-state index is -0.214. The number of benzene rings is 1. The van der Waals surface area contributed by atoms with Crippen molar-refractivity contribution in [2.24, 2.45) is 4.99 Å². The van der Waals surface area contributed by atoms with E-state index in [9.17, 15) is 4.79 Å². The van der Waals surface area contributed by atoms with E-state index in [1.54, 1.807) is 4.90 Å². The van der Waals surface area contributed by atoms with Crippen LogP contribution in [0.1, 0.15) is 51.2 Å². The van der Waals surface area contributed by atoms with Crippen LogP contribution in [0.25, 0.3) is 0 Å². The van der Waals surface area contributed by atoms with E-state index in [0.29, 0.717) is 38.9 Å². The molecule has 30 heavy (non-hydrogen) atoms. The molecule has 0 unspecified atom stereocenters. The minimum absolute atomic E-state index is 0. The van der Waals surface area contributed by atoms with Crippen molar-refractivity contribution in [2.45, 2.75) is 59.2 Å². The van der Waals surface area contributed by atoms with Gasteiger partial charge in [-0.25, -0.2) is 9.79 Å². The number of carbonyl (C=O) groups excluding carboxylic acids is 1. The van der Waals surface area contributed by atoms with Crippen LogP contribution in [-0.4, -0.2) is 55.8 Å². The Hall–Kier alpha value is -1.55. The van der Waals surface area contributed by atoms with Gasteiger partial charge in [-0.05, 0) is 44.2 Å². The maximum absolute atomic E-state index is 11.9. The zero-order chi connectivity index (χ0) is 20.9. The van der Waals surface area contributed by atoms with Gasteiger partial charge in [0.2, 0.25) is 0 Å². The normalized spacial score (nSPS) is 14.8. The van der Waals surface area contributed by atoms with E-state index in [1.165, 1.54) is 11.1 Å². The Morgan fingerprint density at radius 2 is 1.87 bits per heavy atom. The molecule has 0 aromatic heterocycles. The molecule has 1 aromatic rings. The summed E-state index contributed by atoms with van der Waals surface area (Å²) in [6, 6.07) is 8.58. The summed E-state index contributed by atoms with van der Waals surface area (Å²) in [7, 11) is 0. The molecule has 1 heterocycles. The lowest BCUT2D eigenvalue weighted by atomic mass is 10.1. The second kappa shape index (κ2) is 15.3. The number of aliphatic imine (C=N–C) groups is 1. The second-order valence-corrected chi connectivity index (χ2v) is 7.12. The number of guanidine groups is 1. The number of halogens is 1. The van der Waals surface area contributed by atoms with Crippen molar-refractivity contribution in [2.75, 3.05) is 32.8 Å². The van der Waals surface area contributed by atoms with E-state index >= 15 is 0 Å². The van der Waals surface area contributed by atoms with Crippen molar-refractivity contribution in [1.29, 1.82) is 0 Å². The maximum Gasteiger partial charge on any atom is 0.409 e. The Morgan fingerprint density at radius 1 is 1.17 bits per heavy atom. The highest BCUT2D eigenvalue weighted by molar-refractivity contribution is 14.0. The van der Waals surface area contributed by atoms with Crippen LogP contribution in [0, 0.1) is 0 Å². The number of amides is 1. The molecule has 1 saturated heterocycles. The van der Waals surface area contributed by atoms with Gasteiger partial charge in [0, 0.05) is 32.3 Å². The first-order valence-corrected chi connectivity index (χ1v) is 10.8. The second-order valence-electron chi connectivity index (χ2n) is 7.12. The Morgan fingerprint density at radius 3 is 2.50 bits per heavy atom. The lowest BCUT2D eigenvalue weighted by Gasteiger charge is -2.32. The van der Waals surface area contributed by atoms with E-state index in [2.05, 4.69) is 36.6 Å². The summed E-state index contributed by atoms with van der Waals surface area (Å²) in [6.07, 6.45) is 2.56. The predicted molar refractivity (Wildman–Crippen MR) is 131 cm³/mol. The summed E-state index contributed by atoms with van der Waals surface area (Å²) in [5, 5.41) is 6.85. The van der Waals surface area contributed by atoms with Gasteiger partial charge in [-0.3, -0.25) is 0 Å². The van der Waals surface area contributed by atoms with E-state index in [-0.39, 0.29) is 30.1 Å². The minimum Gasteiger partial charge on any atom is -0.450 e. The Labute approximate surface area is 198 Å². The summed E-state index contributed by atoms with van der Waals surface area (Å²) in [5.41, 5.74) is 2.36. The third-order valence-electron chi connectivity index (χ3n) is 4.84. The predicted octanol–water partition coefficient (Wildman–Crippen LogP) is 3.91. The summed E-state index contributed by atoms with van der Waals surface area (Å²) in [5.74, 6) is 0.811. The summed E-state index contributed by atoms with van der Waals surface area (Å²) in [6.45, 7) is 10.6.